The van der Waals surface area contributed by atoms with Crippen LogP contribution in [-0.2, 0) is 9.53 Å². The van der Waals surface area contributed by atoms with Crippen LogP contribution < -0.4 is 10.1 Å². The number of amides is 1. The molecule has 2 aromatic rings. The smallest absolute Gasteiger partial charge is 0.341 e. The second kappa shape index (κ2) is 7.62. The predicted octanol–water partition coefficient (Wildman–Crippen LogP) is 3.04. The van der Waals surface area contributed by atoms with Gasteiger partial charge in [-0.05, 0) is 43.7 Å². The Morgan fingerprint density at radius 3 is 2.50 bits per heavy atom. The lowest BCUT2D eigenvalue weighted by Crippen LogP contribution is -2.21. The predicted molar refractivity (Wildman–Crippen MR) is 90.4 cm³/mol. The van der Waals surface area contributed by atoms with Gasteiger partial charge in [-0.3, -0.25) is 4.79 Å². The zero-order chi connectivity index (χ0) is 17.7. The van der Waals surface area contributed by atoms with Crippen LogP contribution in [0.25, 0.3) is 0 Å². The molecular formula is C17H16N2O4S. The van der Waals surface area contributed by atoms with Crippen molar-refractivity contribution < 1.29 is 19.1 Å². The molecule has 0 fully saturated rings. The van der Waals surface area contributed by atoms with Gasteiger partial charge in [0.25, 0.3) is 5.91 Å². The van der Waals surface area contributed by atoms with E-state index in [1.807, 2.05) is 13.0 Å². The number of hydrogen-bond acceptors (Lipinski definition) is 6. The van der Waals surface area contributed by atoms with Crippen LogP contribution in [0.2, 0.25) is 0 Å². The Morgan fingerprint density at radius 2 is 1.92 bits per heavy atom. The maximum absolute atomic E-state index is 12.1. The number of nitrogens with zero attached hydrogens (tertiary/aromatic N) is 1. The first-order valence-electron chi connectivity index (χ1n) is 7.07. The van der Waals surface area contributed by atoms with Crippen LogP contribution in [0.1, 0.15) is 26.4 Å². The molecule has 7 heteroatoms. The third-order valence-corrected chi connectivity index (χ3v) is 4.50. The lowest BCUT2D eigenvalue weighted by molar-refractivity contribution is -0.118. The minimum Gasteiger partial charge on any atom is -0.484 e. The van der Waals surface area contributed by atoms with Crippen LogP contribution in [0.3, 0.4) is 0 Å². The van der Waals surface area contributed by atoms with Crippen molar-refractivity contribution in [2.45, 2.75) is 13.8 Å². The largest absolute Gasteiger partial charge is 0.484 e. The molecular weight excluding hydrogens is 328 g/mol. The van der Waals surface area contributed by atoms with E-state index in [0.29, 0.717) is 21.9 Å². The maximum Gasteiger partial charge on any atom is 0.341 e. The van der Waals surface area contributed by atoms with Crippen molar-refractivity contribution in [1.82, 2.24) is 0 Å². The lowest BCUT2D eigenvalue weighted by atomic mass is 10.1. The highest BCUT2D eigenvalue weighted by Gasteiger charge is 2.21. The molecule has 0 unspecified atom stereocenters. The van der Waals surface area contributed by atoms with E-state index in [4.69, 9.17) is 14.7 Å². The highest BCUT2D eigenvalue weighted by molar-refractivity contribution is 7.16. The molecule has 0 saturated carbocycles. The summed E-state index contributed by atoms with van der Waals surface area (Å²) < 4.78 is 10.1. The molecule has 1 heterocycles. The Kier molecular flexibility index (Phi) is 5.55. The highest BCUT2D eigenvalue weighted by Crippen LogP contribution is 2.32. The molecule has 24 heavy (non-hydrogen) atoms. The van der Waals surface area contributed by atoms with Gasteiger partial charge in [0.05, 0.1) is 24.3 Å². The van der Waals surface area contributed by atoms with Gasteiger partial charge < -0.3 is 14.8 Å². The molecule has 1 amide bonds. The highest BCUT2D eigenvalue weighted by atomic mass is 32.1. The van der Waals surface area contributed by atoms with Crippen molar-refractivity contribution in [3.8, 4) is 11.8 Å². The fourth-order valence-electron chi connectivity index (χ4n) is 2.00. The van der Waals surface area contributed by atoms with Gasteiger partial charge in [-0.1, -0.05) is 0 Å². The number of aryl methyl sites for hydroxylation is 1. The molecule has 124 valence electrons. The Morgan fingerprint density at radius 1 is 1.25 bits per heavy atom. The van der Waals surface area contributed by atoms with Gasteiger partial charge in [0, 0.05) is 4.88 Å². The minimum absolute atomic E-state index is 0.206. The SMILES string of the molecule is COC(=O)c1c(NC(=O)COc2ccc(C#N)cc2)sc(C)c1C. The van der Waals surface area contributed by atoms with E-state index in [-0.39, 0.29) is 12.5 Å². The molecule has 1 aromatic heterocycles. The number of carbonyl (C=O) groups excluding carboxylic acids is 2. The van der Waals surface area contributed by atoms with E-state index in [1.54, 1.807) is 31.2 Å². The average molecular weight is 344 g/mol. The standard InChI is InChI=1S/C17H16N2O4S/c1-10-11(2)24-16(15(10)17(21)22-3)19-14(20)9-23-13-6-4-12(8-18)5-7-13/h4-7H,9H2,1-3H3,(H,19,20). The van der Waals surface area contributed by atoms with Crippen LogP contribution >= 0.6 is 11.3 Å². The molecule has 1 aromatic carbocycles. The maximum atomic E-state index is 12.1. The van der Waals surface area contributed by atoms with E-state index < -0.39 is 5.97 Å². The monoisotopic (exact) mass is 344 g/mol. The first-order valence-corrected chi connectivity index (χ1v) is 7.89. The number of carbonyl (C=O) groups is 2. The van der Waals surface area contributed by atoms with E-state index in [0.717, 1.165) is 10.4 Å². The summed E-state index contributed by atoms with van der Waals surface area (Å²) in [5.41, 5.74) is 1.67. The Balaban J connectivity index is 2.03. The summed E-state index contributed by atoms with van der Waals surface area (Å²) in [6.45, 7) is 3.47. The molecule has 0 atom stereocenters. The van der Waals surface area contributed by atoms with Crippen molar-refractivity contribution >= 4 is 28.2 Å². The molecule has 0 aliphatic rings. The van der Waals surface area contributed by atoms with E-state index >= 15 is 0 Å². The number of ether oxygens (including phenoxy) is 2. The molecule has 0 spiro atoms. The van der Waals surface area contributed by atoms with E-state index in [1.165, 1.54) is 18.4 Å². The van der Waals surface area contributed by atoms with Crippen molar-refractivity contribution in [2.24, 2.45) is 0 Å². The van der Waals surface area contributed by atoms with Gasteiger partial charge in [0.2, 0.25) is 0 Å². The molecule has 0 aliphatic carbocycles. The first kappa shape index (κ1) is 17.5. The second-order valence-corrected chi connectivity index (χ2v) is 6.18. The minimum atomic E-state index is -0.486. The van der Waals surface area contributed by atoms with Crippen molar-refractivity contribution in [3.05, 3.63) is 45.8 Å². The Labute approximate surface area is 143 Å². The second-order valence-electron chi connectivity index (χ2n) is 4.95. The Bertz CT molecular complexity index is 803. The lowest BCUT2D eigenvalue weighted by Gasteiger charge is -2.08. The number of nitriles is 1. The number of hydrogen-bond donors (Lipinski definition) is 1. The summed E-state index contributed by atoms with van der Waals surface area (Å²) in [4.78, 5) is 24.9. The zero-order valence-corrected chi connectivity index (χ0v) is 14.3. The van der Waals surface area contributed by atoms with Crippen molar-refractivity contribution in [3.63, 3.8) is 0 Å². The average Bonchev–Trinajstić information content (AvgIpc) is 2.86. The quantitative estimate of drug-likeness (QED) is 0.842. The fourth-order valence-corrected chi connectivity index (χ4v) is 3.06. The fraction of sp³-hybridized carbons (Fsp3) is 0.235. The van der Waals surface area contributed by atoms with Gasteiger partial charge >= 0.3 is 5.97 Å². The van der Waals surface area contributed by atoms with Crippen LogP contribution in [-0.4, -0.2) is 25.6 Å². The van der Waals surface area contributed by atoms with E-state index in [2.05, 4.69) is 5.32 Å². The third kappa shape index (κ3) is 3.91. The van der Waals surface area contributed by atoms with Crippen molar-refractivity contribution in [2.75, 3.05) is 19.0 Å². The van der Waals surface area contributed by atoms with E-state index in [9.17, 15) is 9.59 Å². The summed E-state index contributed by atoms with van der Waals surface area (Å²) in [5.74, 6) is -0.387. The number of rotatable bonds is 5. The molecule has 2 rings (SSSR count). The molecule has 6 nitrogen and oxygen atoms in total. The van der Waals surface area contributed by atoms with Gasteiger partial charge in [-0.2, -0.15) is 5.26 Å². The summed E-state index contributed by atoms with van der Waals surface area (Å²) in [6.07, 6.45) is 0. The summed E-state index contributed by atoms with van der Waals surface area (Å²) in [5, 5.41) is 11.9. The van der Waals surface area contributed by atoms with Crippen molar-refractivity contribution in [1.29, 1.82) is 5.26 Å². The van der Waals surface area contributed by atoms with Crippen LogP contribution in [0.4, 0.5) is 5.00 Å². The molecule has 0 aliphatic heterocycles. The van der Waals surface area contributed by atoms with Gasteiger partial charge in [-0.15, -0.1) is 11.3 Å². The Hall–Kier alpha value is -2.85. The van der Waals surface area contributed by atoms with Crippen LogP contribution in [0, 0.1) is 25.2 Å². The number of esters is 1. The normalized spacial score (nSPS) is 9.92. The number of nitrogens with one attached hydrogen (secondary N) is 1. The third-order valence-electron chi connectivity index (χ3n) is 3.38. The first-order chi connectivity index (χ1) is 11.5. The number of methoxy groups -OCH3 is 1. The van der Waals surface area contributed by atoms with Crippen LogP contribution in [0.5, 0.6) is 5.75 Å². The molecule has 0 saturated heterocycles. The van der Waals surface area contributed by atoms with Gasteiger partial charge in [0.15, 0.2) is 6.61 Å². The number of thiophene rings is 1. The molecule has 0 radical (unpaired) electrons. The molecule has 0 bridgehead atoms. The molecule has 1 N–H and O–H groups in total. The topological polar surface area (TPSA) is 88.4 Å². The van der Waals surface area contributed by atoms with Crippen LogP contribution in [0.15, 0.2) is 24.3 Å². The number of benzene rings is 1. The summed E-state index contributed by atoms with van der Waals surface area (Å²) in [7, 11) is 1.30. The number of anilines is 1. The zero-order valence-electron chi connectivity index (χ0n) is 13.5. The van der Waals surface area contributed by atoms with Gasteiger partial charge in [0.1, 0.15) is 10.8 Å². The van der Waals surface area contributed by atoms with Gasteiger partial charge in [-0.25, -0.2) is 4.79 Å². The summed E-state index contributed by atoms with van der Waals surface area (Å²) >= 11 is 1.32. The summed E-state index contributed by atoms with van der Waals surface area (Å²) in [6, 6.07) is 8.45.